The number of likely N-dealkylation sites (tertiary alicyclic amines) is 2. The number of aromatic nitrogens is 2. The van der Waals surface area contributed by atoms with Crippen LogP contribution in [0, 0.1) is 0 Å². The van der Waals surface area contributed by atoms with Crippen LogP contribution in [0.2, 0.25) is 0 Å². The standard InChI is InChI=1S/C18H22N6O4S/c25-12(8-11-15(26)20-17(28)19-11)23-6-1-4-18(9-23)5-7-24(18)16(27)13-14(10-2-3-10)29-22-21-13/h10-11H,1-9H2,(H2,19,20,26,28). The summed E-state index contributed by atoms with van der Waals surface area (Å²) in [6.07, 6.45) is 4.59. The summed E-state index contributed by atoms with van der Waals surface area (Å²) >= 11 is 1.31. The highest BCUT2D eigenvalue weighted by atomic mass is 32.1. The number of carbonyl (C=O) groups is 4. The third-order valence-electron chi connectivity index (χ3n) is 6.43. The molecule has 0 aromatic carbocycles. The lowest BCUT2D eigenvalue weighted by Gasteiger charge is -2.56. The predicted octanol–water partition coefficient (Wildman–Crippen LogP) is 0.221. The molecule has 5 rings (SSSR count). The van der Waals surface area contributed by atoms with Crippen LogP contribution in [0.4, 0.5) is 4.79 Å². The van der Waals surface area contributed by atoms with Crippen molar-refractivity contribution in [1.29, 1.82) is 0 Å². The maximum Gasteiger partial charge on any atom is 0.322 e. The van der Waals surface area contributed by atoms with Crippen LogP contribution in [0.25, 0.3) is 0 Å². The quantitative estimate of drug-likeness (QED) is 0.674. The van der Waals surface area contributed by atoms with Gasteiger partial charge in [-0.2, -0.15) is 0 Å². The van der Waals surface area contributed by atoms with Crippen molar-refractivity contribution >= 4 is 35.3 Å². The number of carbonyl (C=O) groups excluding carboxylic acids is 4. The Labute approximate surface area is 171 Å². The zero-order valence-electron chi connectivity index (χ0n) is 15.8. The number of urea groups is 1. The summed E-state index contributed by atoms with van der Waals surface area (Å²) in [4.78, 5) is 53.5. The maximum atomic E-state index is 13.2. The van der Waals surface area contributed by atoms with Crippen LogP contribution >= 0.6 is 11.5 Å². The summed E-state index contributed by atoms with van der Waals surface area (Å²) in [5.74, 6) is -0.314. The van der Waals surface area contributed by atoms with Crippen LogP contribution in [0.1, 0.15) is 59.8 Å². The van der Waals surface area contributed by atoms with Gasteiger partial charge in [0, 0.05) is 19.6 Å². The smallest absolute Gasteiger partial charge is 0.322 e. The van der Waals surface area contributed by atoms with E-state index in [-0.39, 0.29) is 23.8 Å². The van der Waals surface area contributed by atoms with Gasteiger partial charge in [-0.05, 0) is 49.6 Å². The molecule has 10 nitrogen and oxygen atoms in total. The van der Waals surface area contributed by atoms with Crippen LogP contribution < -0.4 is 10.6 Å². The molecule has 2 N–H and O–H groups in total. The third kappa shape index (κ3) is 3.17. The first-order chi connectivity index (χ1) is 14.0. The van der Waals surface area contributed by atoms with Gasteiger partial charge in [0.2, 0.25) is 5.91 Å². The molecule has 1 saturated carbocycles. The highest BCUT2D eigenvalue weighted by Crippen LogP contribution is 2.45. The van der Waals surface area contributed by atoms with Crippen LogP contribution in [-0.4, -0.2) is 74.4 Å². The van der Waals surface area contributed by atoms with Gasteiger partial charge in [-0.15, -0.1) is 5.10 Å². The Balaban J connectivity index is 1.27. The van der Waals surface area contributed by atoms with Gasteiger partial charge in [0.1, 0.15) is 6.04 Å². The normalized spacial score (nSPS) is 28.9. The minimum absolute atomic E-state index is 0.0660. The number of hydrogen-bond donors (Lipinski definition) is 2. The highest BCUT2D eigenvalue weighted by Gasteiger charge is 2.51. The molecule has 4 fully saturated rings. The van der Waals surface area contributed by atoms with E-state index in [1.165, 1.54) is 11.5 Å². The molecule has 3 aliphatic heterocycles. The number of nitrogens with zero attached hydrogens (tertiary/aromatic N) is 4. The van der Waals surface area contributed by atoms with Crippen molar-refractivity contribution in [3.63, 3.8) is 0 Å². The number of piperidine rings is 1. The third-order valence-corrected chi connectivity index (χ3v) is 7.31. The molecule has 2 unspecified atom stereocenters. The molecule has 11 heteroatoms. The zero-order valence-corrected chi connectivity index (χ0v) is 16.7. The SMILES string of the molecule is O=C1NC(=O)C(CC(=O)N2CCCC3(CCN3C(=O)c3nnsc3C3CC3)C2)N1. The van der Waals surface area contributed by atoms with Crippen LogP contribution in [0.3, 0.4) is 0 Å². The Morgan fingerprint density at radius 3 is 2.69 bits per heavy atom. The van der Waals surface area contributed by atoms with Gasteiger partial charge in [0.05, 0.1) is 16.8 Å². The number of rotatable bonds is 4. The average molecular weight is 418 g/mol. The molecule has 4 aliphatic rings. The van der Waals surface area contributed by atoms with Crippen molar-refractivity contribution in [2.75, 3.05) is 19.6 Å². The van der Waals surface area contributed by atoms with Gasteiger partial charge in [-0.25, -0.2) is 4.79 Å². The van der Waals surface area contributed by atoms with Crippen molar-refractivity contribution in [3.05, 3.63) is 10.6 Å². The molecule has 0 radical (unpaired) electrons. The molecule has 29 heavy (non-hydrogen) atoms. The largest absolute Gasteiger partial charge is 0.340 e. The van der Waals surface area contributed by atoms with E-state index in [9.17, 15) is 19.2 Å². The lowest BCUT2D eigenvalue weighted by atomic mass is 9.77. The fourth-order valence-corrected chi connectivity index (χ4v) is 5.41. The topological polar surface area (TPSA) is 125 Å². The van der Waals surface area contributed by atoms with Gasteiger partial charge in [0.15, 0.2) is 5.69 Å². The summed E-state index contributed by atoms with van der Waals surface area (Å²) in [5.41, 5.74) is 0.113. The summed E-state index contributed by atoms with van der Waals surface area (Å²) < 4.78 is 4.00. The number of amides is 5. The van der Waals surface area contributed by atoms with E-state index in [1.807, 2.05) is 4.90 Å². The van der Waals surface area contributed by atoms with E-state index in [1.54, 1.807) is 4.90 Å². The fourth-order valence-electron chi connectivity index (χ4n) is 4.60. The van der Waals surface area contributed by atoms with Crippen molar-refractivity contribution in [1.82, 2.24) is 30.0 Å². The van der Waals surface area contributed by atoms with Gasteiger partial charge in [-0.3, -0.25) is 19.7 Å². The molecule has 1 aliphatic carbocycles. The van der Waals surface area contributed by atoms with E-state index in [4.69, 9.17) is 0 Å². The highest BCUT2D eigenvalue weighted by molar-refractivity contribution is 7.06. The van der Waals surface area contributed by atoms with Crippen LogP contribution in [0.5, 0.6) is 0 Å². The van der Waals surface area contributed by atoms with E-state index < -0.39 is 18.0 Å². The van der Waals surface area contributed by atoms with Crippen molar-refractivity contribution in [2.45, 2.75) is 56.0 Å². The second-order valence-corrected chi connectivity index (χ2v) is 9.12. The number of imide groups is 1. The predicted molar refractivity (Wildman–Crippen MR) is 101 cm³/mol. The Morgan fingerprint density at radius 2 is 2.03 bits per heavy atom. The lowest BCUT2D eigenvalue weighted by Crippen LogP contribution is -2.69. The molecular weight excluding hydrogens is 396 g/mol. The molecule has 4 heterocycles. The second-order valence-electron chi connectivity index (χ2n) is 8.33. The minimum Gasteiger partial charge on any atom is -0.340 e. The minimum atomic E-state index is -0.825. The van der Waals surface area contributed by atoms with Gasteiger partial charge < -0.3 is 15.1 Å². The van der Waals surface area contributed by atoms with E-state index >= 15 is 0 Å². The van der Waals surface area contributed by atoms with Crippen molar-refractivity contribution < 1.29 is 19.2 Å². The second kappa shape index (κ2) is 6.75. The van der Waals surface area contributed by atoms with Crippen molar-refractivity contribution in [2.24, 2.45) is 0 Å². The van der Waals surface area contributed by atoms with E-state index in [0.29, 0.717) is 31.2 Å². The van der Waals surface area contributed by atoms with E-state index in [2.05, 4.69) is 20.2 Å². The van der Waals surface area contributed by atoms with Crippen LogP contribution in [0.15, 0.2) is 0 Å². The monoisotopic (exact) mass is 418 g/mol. The fraction of sp³-hybridized carbons (Fsp3) is 0.667. The van der Waals surface area contributed by atoms with Crippen LogP contribution in [-0.2, 0) is 9.59 Å². The molecule has 1 spiro atoms. The molecule has 1 aromatic heterocycles. The number of nitrogens with one attached hydrogen (secondary N) is 2. The zero-order chi connectivity index (χ0) is 20.2. The summed E-state index contributed by atoms with van der Waals surface area (Å²) in [5, 5.41) is 8.72. The van der Waals surface area contributed by atoms with Crippen molar-refractivity contribution in [3.8, 4) is 0 Å². The molecule has 1 aromatic rings. The maximum absolute atomic E-state index is 13.2. The molecular formula is C18H22N6O4S. The van der Waals surface area contributed by atoms with Gasteiger partial charge in [0.25, 0.3) is 11.8 Å². The Morgan fingerprint density at radius 1 is 1.21 bits per heavy atom. The Bertz CT molecular complexity index is 899. The molecule has 5 amide bonds. The van der Waals surface area contributed by atoms with Gasteiger partial charge >= 0.3 is 6.03 Å². The Hall–Kier alpha value is -2.56. The van der Waals surface area contributed by atoms with Gasteiger partial charge in [-0.1, -0.05) is 4.49 Å². The Kier molecular flexibility index (Phi) is 4.30. The first-order valence-electron chi connectivity index (χ1n) is 10.0. The number of hydrogen-bond acceptors (Lipinski definition) is 7. The lowest BCUT2D eigenvalue weighted by molar-refractivity contribution is -0.140. The molecule has 2 atom stereocenters. The van der Waals surface area contributed by atoms with E-state index in [0.717, 1.165) is 37.0 Å². The summed E-state index contributed by atoms with van der Waals surface area (Å²) in [6, 6.07) is -1.39. The molecule has 154 valence electrons. The molecule has 3 saturated heterocycles. The summed E-state index contributed by atoms with van der Waals surface area (Å²) in [6.45, 7) is 1.70. The summed E-state index contributed by atoms with van der Waals surface area (Å²) in [7, 11) is 0. The first-order valence-corrected chi connectivity index (χ1v) is 10.8. The average Bonchev–Trinajstić information content (AvgIpc) is 3.33. The molecule has 0 bridgehead atoms. The first kappa shape index (κ1) is 18.5.